The third-order valence-electron chi connectivity index (χ3n) is 4.26. The van der Waals surface area contributed by atoms with Crippen molar-refractivity contribution in [3.05, 3.63) is 35.5 Å². The van der Waals surface area contributed by atoms with Crippen LogP contribution in [0.25, 0.3) is 10.9 Å². The fraction of sp³-hybridized carbons (Fsp3) is 0.333. The summed E-state index contributed by atoms with van der Waals surface area (Å²) in [5.41, 5.74) is 2.00. The highest BCUT2D eigenvalue weighted by Gasteiger charge is 2.32. The van der Waals surface area contributed by atoms with Gasteiger partial charge < -0.3 is 9.72 Å². The Labute approximate surface area is 143 Å². The Balaban J connectivity index is 1.72. The zero-order chi connectivity index (χ0) is 18.1. The van der Waals surface area contributed by atoms with Crippen LogP contribution in [-0.4, -0.2) is 46.1 Å². The van der Waals surface area contributed by atoms with Crippen LogP contribution < -0.4 is 0 Å². The van der Waals surface area contributed by atoms with Crippen molar-refractivity contribution < 1.29 is 23.9 Å². The maximum atomic E-state index is 12.7. The lowest BCUT2D eigenvalue weighted by Gasteiger charge is -2.16. The van der Waals surface area contributed by atoms with E-state index in [0.717, 1.165) is 15.8 Å². The van der Waals surface area contributed by atoms with Crippen molar-refractivity contribution in [3.8, 4) is 0 Å². The standard InChI is InChI=1S/C18H18N2O5/c1-10-17(12-5-3-4-6-13(12)19-10)18(24)11(2)25-16(23)9-20-14(21)7-8-15(20)22/h3-6,11,19H,7-9H2,1-2H3. The normalized spacial score (nSPS) is 15.7. The minimum Gasteiger partial charge on any atom is -0.453 e. The highest BCUT2D eigenvalue weighted by atomic mass is 16.5. The van der Waals surface area contributed by atoms with E-state index in [0.29, 0.717) is 11.3 Å². The molecule has 0 radical (unpaired) electrons. The molecule has 1 N–H and O–H groups in total. The summed E-state index contributed by atoms with van der Waals surface area (Å²) in [5, 5.41) is 0.762. The summed E-state index contributed by atoms with van der Waals surface area (Å²) >= 11 is 0. The van der Waals surface area contributed by atoms with E-state index in [4.69, 9.17) is 4.74 Å². The van der Waals surface area contributed by atoms with Crippen LogP contribution in [-0.2, 0) is 19.1 Å². The van der Waals surface area contributed by atoms with Gasteiger partial charge in [0.15, 0.2) is 6.10 Å². The molecule has 1 atom stereocenters. The Morgan fingerprint density at radius 2 is 1.84 bits per heavy atom. The second-order valence-electron chi connectivity index (χ2n) is 6.04. The molecule has 25 heavy (non-hydrogen) atoms. The fourth-order valence-corrected chi connectivity index (χ4v) is 3.01. The first-order chi connectivity index (χ1) is 11.9. The van der Waals surface area contributed by atoms with E-state index in [2.05, 4.69) is 4.98 Å². The number of rotatable bonds is 5. The van der Waals surface area contributed by atoms with Crippen molar-refractivity contribution in [3.63, 3.8) is 0 Å². The van der Waals surface area contributed by atoms with Crippen LogP contribution in [0.2, 0.25) is 0 Å². The van der Waals surface area contributed by atoms with Crippen LogP contribution in [0.15, 0.2) is 24.3 Å². The third-order valence-corrected chi connectivity index (χ3v) is 4.26. The molecule has 1 fully saturated rings. The van der Waals surface area contributed by atoms with E-state index in [1.807, 2.05) is 24.3 Å². The molecule has 0 bridgehead atoms. The van der Waals surface area contributed by atoms with Gasteiger partial charge in [-0.3, -0.25) is 24.1 Å². The fourth-order valence-electron chi connectivity index (χ4n) is 3.01. The molecule has 1 aromatic heterocycles. The number of para-hydroxylation sites is 1. The van der Waals surface area contributed by atoms with Crippen molar-refractivity contribution in [2.24, 2.45) is 0 Å². The zero-order valence-electron chi connectivity index (χ0n) is 14.0. The van der Waals surface area contributed by atoms with E-state index in [1.54, 1.807) is 6.92 Å². The molecule has 3 rings (SSSR count). The molecular weight excluding hydrogens is 324 g/mol. The molecule has 1 saturated heterocycles. The SMILES string of the molecule is Cc1[nH]c2ccccc2c1C(=O)C(C)OC(=O)CN1C(=O)CCC1=O. The topological polar surface area (TPSA) is 96.5 Å². The number of carbonyl (C=O) groups excluding carboxylic acids is 4. The molecule has 7 heteroatoms. The van der Waals surface area contributed by atoms with Crippen molar-refractivity contribution in [2.45, 2.75) is 32.8 Å². The number of imide groups is 1. The monoisotopic (exact) mass is 342 g/mol. The Bertz CT molecular complexity index is 867. The number of nitrogens with one attached hydrogen (secondary N) is 1. The number of aryl methyl sites for hydroxylation is 1. The molecule has 1 unspecified atom stereocenters. The number of amides is 2. The lowest BCUT2D eigenvalue weighted by atomic mass is 10.0. The van der Waals surface area contributed by atoms with E-state index in [1.165, 1.54) is 6.92 Å². The predicted octanol–water partition coefficient (Wildman–Crippen LogP) is 1.74. The number of aromatic amines is 1. The lowest BCUT2D eigenvalue weighted by molar-refractivity contribution is -0.154. The summed E-state index contributed by atoms with van der Waals surface area (Å²) < 4.78 is 5.15. The van der Waals surface area contributed by atoms with Crippen LogP contribution in [0.3, 0.4) is 0 Å². The molecule has 1 aliphatic heterocycles. The quantitative estimate of drug-likeness (QED) is 0.507. The number of aromatic nitrogens is 1. The smallest absolute Gasteiger partial charge is 0.326 e. The van der Waals surface area contributed by atoms with Gasteiger partial charge in [-0.1, -0.05) is 18.2 Å². The van der Waals surface area contributed by atoms with Gasteiger partial charge in [-0.25, -0.2) is 0 Å². The molecule has 0 spiro atoms. The Hall–Kier alpha value is -2.96. The second kappa shape index (κ2) is 6.51. The molecule has 2 amide bonds. The van der Waals surface area contributed by atoms with Gasteiger partial charge in [0.25, 0.3) is 0 Å². The maximum Gasteiger partial charge on any atom is 0.326 e. The zero-order valence-corrected chi connectivity index (χ0v) is 14.0. The largest absolute Gasteiger partial charge is 0.453 e. The summed E-state index contributed by atoms with van der Waals surface area (Å²) in [7, 11) is 0. The van der Waals surface area contributed by atoms with Crippen LogP contribution in [0.5, 0.6) is 0 Å². The lowest BCUT2D eigenvalue weighted by Crippen LogP contribution is -2.37. The molecule has 1 aliphatic rings. The van der Waals surface area contributed by atoms with E-state index < -0.39 is 30.4 Å². The van der Waals surface area contributed by atoms with Gasteiger partial charge in [0.05, 0.1) is 0 Å². The number of ether oxygens (including phenoxy) is 1. The first kappa shape index (κ1) is 16.9. The predicted molar refractivity (Wildman–Crippen MR) is 88.9 cm³/mol. The van der Waals surface area contributed by atoms with Gasteiger partial charge in [-0.2, -0.15) is 0 Å². The summed E-state index contributed by atoms with van der Waals surface area (Å²) in [4.78, 5) is 51.8. The average molecular weight is 342 g/mol. The van der Waals surface area contributed by atoms with Crippen molar-refractivity contribution >= 4 is 34.5 Å². The molecule has 0 saturated carbocycles. The minimum absolute atomic E-state index is 0.106. The third kappa shape index (κ3) is 3.17. The Morgan fingerprint density at radius 3 is 2.52 bits per heavy atom. The molecule has 2 aromatic rings. The summed E-state index contributed by atoms with van der Waals surface area (Å²) in [6.07, 6.45) is -0.803. The number of hydrogen-bond donors (Lipinski definition) is 1. The average Bonchev–Trinajstić information content (AvgIpc) is 3.07. The van der Waals surface area contributed by atoms with Crippen LogP contribution in [0, 0.1) is 6.92 Å². The second-order valence-corrected chi connectivity index (χ2v) is 6.04. The molecule has 2 heterocycles. The molecular formula is C18H18N2O5. The van der Waals surface area contributed by atoms with Gasteiger partial charge in [0.1, 0.15) is 6.54 Å². The number of likely N-dealkylation sites (tertiary alicyclic amines) is 1. The van der Waals surface area contributed by atoms with Gasteiger partial charge in [-0.15, -0.1) is 0 Å². The van der Waals surface area contributed by atoms with Gasteiger partial charge in [0, 0.05) is 35.0 Å². The number of fused-ring (bicyclic) bond motifs is 1. The summed E-state index contributed by atoms with van der Waals surface area (Å²) in [6.45, 7) is 2.81. The molecule has 7 nitrogen and oxygen atoms in total. The van der Waals surface area contributed by atoms with Gasteiger partial charge in [0.2, 0.25) is 17.6 Å². The van der Waals surface area contributed by atoms with Crippen LogP contribution >= 0.6 is 0 Å². The summed E-state index contributed by atoms with van der Waals surface area (Å²) in [6, 6.07) is 7.37. The first-order valence-electron chi connectivity index (χ1n) is 8.02. The van der Waals surface area contributed by atoms with E-state index >= 15 is 0 Å². The van der Waals surface area contributed by atoms with E-state index in [-0.39, 0.29) is 18.6 Å². The number of ketones is 1. The summed E-state index contributed by atoms with van der Waals surface area (Å²) in [5.74, 6) is -1.90. The maximum absolute atomic E-state index is 12.7. The highest BCUT2D eigenvalue weighted by molar-refractivity contribution is 6.11. The van der Waals surface area contributed by atoms with E-state index in [9.17, 15) is 19.2 Å². The molecule has 1 aromatic carbocycles. The number of nitrogens with zero attached hydrogens (tertiary/aromatic N) is 1. The number of H-pyrrole nitrogens is 1. The first-order valence-corrected chi connectivity index (χ1v) is 8.02. The van der Waals surface area contributed by atoms with Crippen LogP contribution in [0.1, 0.15) is 35.8 Å². The van der Waals surface area contributed by atoms with Crippen LogP contribution in [0.4, 0.5) is 0 Å². The number of benzene rings is 1. The Kier molecular flexibility index (Phi) is 4.39. The number of hydrogen-bond acceptors (Lipinski definition) is 5. The van der Waals surface area contributed by atoms with Gasteiger partial charge in [-0.05, 0) is 19.9 Å². The number of carbonyl (C=O) groups is 4. The number of esters is 1. The van der Waals surface area contributed by atoms with Crippen molar-refractivity contribution in [2.75, 3.05) is 6.54 Å². The minimum atomic E-state index is -1.02. The van der Waals surface area contributed by atoms with Gasteiger partial charge >= 0.3 is 5.97 Å². The highest BCUT2D eigenvalue weighted by Crippen LogP contribution is 2.24. The number of Topliss-reactive ketones (excluding diaryl/α,β-unsaturated/α-hetero) is 1. The molecule has 130 valence electrons. The Morgan fingerprint density at radius 1 is 1.20 bits per heavy atom. The molecule has 0 aliphatic carbocycles. The van der Waals surface area contributed by atoms with Crippen molar-refractivity contribution in [1.29, 1.82) is 0 Å². The van der Waals surface area contributed by atoms with Crippen molar-refractivity contribution in [1.82, 2.24) is 9.88 Å².